The van der Waals surface area contributed by atoms with Crippen LogP contribution in [0, 0.1) is 0 Å². The van der Waals surface area contributed by atoms with E-state index in [2.05, 4.69) is 11.6 Å². The summed E-state index contributed by atoms with van der Waals surface area (Å²) in [5.74, 6) is 0.865. The standard InChI is InChI=1S/C15H22ClNOS/c1-18-14-7-5-6-13(16)12(14)10-17-11-15(19-2)8-3-4-9-15/h5-7,17H,3-4,8-11H2,1-2H3. The van der Waals surface area contributed by atoms with Crippen LogP contribution in [0.25, 0.3) is 0 Å². The minimum atomic E-state index is 0.425. The lowest BCUT2D eigenvalue weighted by atomic mass is 10.1. The Kier molecular flexibility index (Phi) is 5.43. The fourth-order valence-electron chi connectivity index (χ4n) is 2.79. The van der Waals surface area contributed by atoms with Crippen LogP contribution < -0.4 is 10.1 Å². The molecule has 1 aliphatic rings. The van der Waals surface area contributed by atoms with Crippen LogP contribution in [-0.4, -0.2) is 24.7 Å². The monoisotopic (exact) mass is 299 g/mol. The maximum atomic E-state index is 6.25. The van der Waals surface area contributed by atoms with E-state index in [9.17, 15) is 0 Å². The molecule has 0 radical (unpaired) electrons. The highest BCUT2D eigenvalue weighted by Gasteiger charge is 2.32. The van der Waals surface area contributed by atoms with Crippen molar-refractivity contribution in [3.05, 3.63) is 28.8 Å². The number of ether oxygens (including phenoxy) is 1. The van der Waals surface area contributed by atoms with Gasteiger partial charge in [-0.2, -0.15) is 11.8 Å². The van der Waals surface area contributed by atoms with Crippen LogP contribution in [-0.2, 0) is 6.54 Å². The van der Waals surface area contributed by atoms with Crippen molar-refractivity contribution in [2.75, 3.05) is 19.9 Å². The first-order valence-corrected chi connectivity index (χ1v) is 8.38. The van der Waals surface area contributed by atoms with Crippen LogP contribution in [0.4, 0.5) is 0 Å². The van der Waals surface area contributed by atoms with E-state index in [1.54, 1.807) is 7.11 Å². The largest absolute Gasteiger partial charge is 0.496 e. The second-order valence-corrected chi connectivity index (χ2v) is 6.80. The first-order valence-electron chi connectivity index (χ1n) is 6.78. The molecule has 0 spiro atoms. The van der Waals surface area contributed by atoms with Crippen LogP contribution in [0.2, 0.25) is 5.02 Å². The summed E-state index contributed by atoms with van der Waals surface area (Å²) in [6, 6.07) is 5.80. The summed E-state index contributed by atoms with van der Waals surface area (Å²) in [5.41, 5.74) is 1.06. The highest BCUT2D eigenvalue weighted by Crippen LogP contribution is 2.39. The number of thioether (sulfide) groups is 1. The average Bonchev–Trinajstić information content (AvgIpc) is 2.90. The molecule has 0 unspecified atom stereocenters. The number of rotatable bonds is 6. The van der Waals surface area contributed by atoms with Crippen molar-refractivity contribution in [1.29, 1.82) is 0 Å². The third-order valence-electron chi connectivity index (χ3n) is 3.99. The SMILES string of the molecule is COc1cccc(Cl)c1CNCC1(SC)CCCC1. The van der Waals surface area contributed by atoms with Crippen molar-refractivity contribution in [2.45, 2.75) is 37.0 Å². The van der Waals surface area contributed by atoms with Gasteiger partial charge in [0.15, 0.2) is 0 Å². The van der Waals surface area contributed by atoms with Gasteiger partial charge in [-0.25, -0.2) is 0 Å². The van der Waals surface area contributed by atoms with Gasteiger partial charge in [-0.05, 0) is 31.2 Å². The van der Waals surface area contributed by atoms with Gasteiger partial charge in [0.1, 0.15) is 5.75 Å². The molecule has 0 atom stereocenters. The zero-order chi connectivity index (χ0) is 13.7. The third kappa shape index (κ3) is 3.59. The minimum Gasteiger partial charge on any atom is -0.496 e. The van der Waals surface area contributed by atoms with Crippen LogP contribution >= 0.6 is 23.4 Å². The van der Waals surface area contributed by atoms with Gasteiger partial charge in [0.2, 0.25) is 0 Å². The molecule has 0 heterocycles. The Morgan fingerprint density at radius 2 is 2.11 bits per heavy atom. The van der Waals surface area contributed by atoms with Gasteiger partial charge >= 0.3 is 0 Å². The maximum Gasteiger partial charge on any atom is 0.124 e. The minimum absolute atomic E-state index is 0.425. The lowest BCUT2D eigenvalue weighted by Crippen LogP contribution is -2.34. The number of hydrogen-bond acceptors (Lipinski definition) is 3. The van der Waals surface area contributed by atoms with E-state index in [1.165, 1.54) is 25.7 Å². The van der Waals surface area contributed by atoms with Gasteiger partial charge < -0.3 is 10.1 Å². The van der Waals surface area contributed by atoms with Crippen LogP contribution in [0.3, 0.4) is 0 Å². The Labute approximate surface area is 125 Å². The van der Waals surface area contributed by atoms with Crippen molar-refractivity contribution < 1.29 is 4.74 Å². The summed E-state index contributed by atoms with van der Waals surface area (Å²) in [6.07, 6.45) is 7.58. The Bertz CT molecular complexity index is 419. The molecule has 1 aromatic rings. The smallest absolute Gasteiger partial charge is 0.124 e. The van der Waals surface area contributed by atoms with Crippen LogP contribution in [0.1, 0.15) is 31.2 Å². The van der Waals surface area contributed by atoms with Gasteiger partial charge in [0, 0.05) is 28.4 Å². The molecule has 1 N–H and O–H groups in total. The van der Waals surface area contributed by atoms with Crippen molar-refractivity contribution >= 4 is 23.4 Å². The quantitative estimate of drug-likeness (QED) is 0.854. The fourth-order valence-corrected chi connectivity index (χ4v) is 3.97. The van der Waals surface area contributed by atoms with Gasteiger partial charge in [-0.15, -0.1) is 0 Å². The number of methoxy groups -OCH3 is 1. The van der Waals surface area contributed by atoms with Crippen molar-refractivity contribution in [3.63, 3.8) is 0 Å². The molecule has 1 saturated carbocycles. The van der Waals surface area contributed by atoms with Crippen LogP contribution in [0.15, 0.2) is 18.2 Å². The van der Waals surface area contributed by atoms with E-state index in [-0.39, 0.29) is 0 Å². The van der Waals surface area contributed by atoms with Gasteiger partial charge in [-0.3, -0.25) is 0 Å². The number of benzene rings is 1. The number of nitrogens with one attached hydrogen (secondary N) is 1. The van der Waals surface area contributed by atoms with E-state index in [4.69, 9.17) is 16.3 Å². The van der Waals surface area contributed by atoms with E-state index in [1.807, 2.05) is 30.0 Å². The van der Waals surface area contributed by atoms with Crippen molar-refractivity contribution in [1.82, 2.24) is 5.32 Å². The number of hydrogen-bond donors (Lipinski definition) is 1. The van der Waals surface area contributed by atoms with Gasteiger partial charge in [0.25, 0.3) is 0 Å². The molecule has 0 aromatic heterocycles. The summed E-state index contributed by atoms with van der Waals surface area (Å²) < 4.78 is 5.80. The molecule has 19 heavy (non-hydrogen) atoms. The molecule has 106 valence electrons. The van der Waals surface area contributed by atoms with E-state index < -0.39 is 0 Å². The highest BCUT2D eigenvalue weighted by molar-refractivity contribution is 8.00. The second-order valence-electron chi connectivity index (χ2n) is 5.12. The molecule has 1 aromatic carbocycles. The average molecular weight is 300 g/mol. The molecular weight excluding hydrogens is 278 g/mol. The topological polar surface area (TPSA) is 21.3 Å². The second kappa shape index (κ2) is 6.87. The van der Waals surface area contributed by atoms with Crippen molar-refractivity contribution in [2.24, 2.45) is 0 Å². The predicted octanol–water partition coefficient (Wildman–Crippen LogP) is 4.11. The molecule has 2 nitrogen and oxygen atoms in total. The molecule has 4 heteroatoms. The molecule has 1 fully saturated rings. The van der Waals surface area contributed by atoms with E-state index in [0.717, 1.165) is 29.4 Å². The predicted molar refractivity (Wildman–Crippen MR) is 84.4 cm³/mol. The molecule has 1 aliphatic carbocycles. The van der Waals surface area contributed by atoms with Crippen molar-refractivity contribution in [3.8, 4) is 5.75 Å². The Hall–Kier alpha value is -0.380. The Balaban J connectivity index is 1.95. The molecular formula is C15H22ClNOS. The first kappa shape index (κ1) is 15.0. The summed E-state index contributed by atoms with van der Waals surface area (Å²) in [5, 5.41) is 4.34. The third-order valence-corrected chi connectivity index (χ3v) is 5.77. The molecule has 0 aliphatic heterocycles. The zero-order valence-corrected chi connectivity index (χ0v) is 13.2. The van der Waals surface area contributed by atoms with Crippen LogP contribution in [0.5, 0.6) is 5.75 Å². The maximum absolute atomic E-state index is 6.25. The number of halogens is 1. The zero-order valence-electron chi connectivity index (χ0n) is 11.7. The summed E-state index contributed by atoms with van der Waals surface area (Å²) in [7, 11) is 1.69. The Morgan fingerprint density at radius 1 is 1.37 bits per heavy atom. The Morgan fingerprint density at radius 3 is 2.74 bits per heavy atom. The normalized spacial score (nSPS) is 17.6. The highest BCUT2D eigenvalue weighted by atomic mass is 35.5. The summed E-state index contributed by atoms with van der Waals surface area (Å²) in [4.78, 5) is 0. The molecule has 2 rings (SSSR count). The summed E-state index contributed by atoms with van der Waals surface area (Å²) in [6.45, 7) is 1.81. The molecule has 0 amide bonds. The lowest BCUT2D eigenvalue weighted by molar-refractivity contribution is 0.406. The van der Waals surface area contributed by atoms with E-state index in [0.29, 0.717) is 4.75 Å². The molecule has 0 bridgehead atoms. The fraction of sp³-hybridized carbons (Fsp3) is 0.600. The lowest BCUT2D eigenvalue weighted by Gasteiger charge is -2.27. The van der Waals surface area contributed by atoms with E-state index >= 15 is 0 Å². The van der Waals surface area contributed by atoms with Gasteiger partial charge in [0.05, 0.1) is 7.11 Å². The van der Waals surface area contributed by atoms with Gasteiger partial charge in [-0.1, -0.05) is 30.5 Å². The first-order chi connectivity index (χ1) is 9.21. The summed E-state index contributed by atoms with van der Waals surface area (Å²) >= 11 is 8.25. The molecule has 0 saturated heterocycles.